The Balaban J connectivity index is 2.01. The van der Waals surface area contributed by atoms with Gasteiger partial charge in [0.15, 0.2) is 0 Å². The van der Waals surface area contributed by atoms with Crippen LogP contribution in [0.1, 0.15) is 30.9 Å². The maximum Gasteiger partial charge on any atom is 0.260 e. The van der Waals surface area contributed by atoms with Crippen LogP contribution in [0.4, 0.5) is 0 Å². The molecule has 21 heavy (non-hydrogen) atoms. The Morgan fingerprint density at radius 1 is 1.33 bits per heavy atom. The van der Waals surface area contributed by atoms with Gasteiger partial charge in [0.2, 0.25) is 0 Å². The molecule has 0 aliphatic heterocycles. The van der Waals surface area contributed by atoms with Crippen molar-refractivity contribution in [1.82, 2.24) is 10.3 Å². The zero-order valence-electron chi connectivity index (χ0n) is 12.9. The van der Waals surface area contributed by atoms with Crippen molar-refractivity contribution in [1.29, 1.82) is 0 Å². The number of aromatic nitrogens is 1. The topological polar surface area (TPSA) is 38.1 Å². The van der Waals surface area contributed by atoms with E-state index in [4.69, 9.17) is 16.0 Å². The van der Waals surface area contributed by atoms with Crippen LogP contribution < -0.4 is 5.32 Å². The van der Waals surface area contributed by atoms with Gasteiger partial charge in [-0.1, -0.05) is 31.5 Å². The van der Waals surface area contributed by atoms with Crippen LogP contribution in [0.5, 0.6) is 0 Å². The Labute approximate surface area is 135 Å². The molecule has 0 aliphatic carbocycles. The first kappa shape index (κ1) is 16.4. The van der Waals surface area contributed by atoms with Gasteiger partial charge in [0.25, 0.3) is 5.22 Å². The predicted molar refractivity (Wildman–Crippen MR) is 88.1 cm³/mol. The molecule has 1 aromatic carbocycles. The van der Waals surface area contributed by atoms with Crippen LogP contribution in [-0.4, -0.2) is 11.5 Å². The number of hydrogen-bond acceptors (Lipinski definition) is 4. The molecule has 1 heterocycles. The quantitative estimate of drug-likeness (QED) is 0.825. The van der Waals surface area contributed by atoms with Gasteiger partial charge in [0, 0.05) is 16.5 Å². The van der Waals surface area contributed by atoms with Crippen LogP contribution in [0.2, 0.25) is 5.02 Å². The molecule has 5 heteroatoms. The first-order valence-corrected chi connectivity index (χ1v) is 8.26. The summed E-state index contributed by atoms with van der Waals surface area (Å²) in [4.78, 5) is 5.40. The monoisotopic (exact) mass is 324 g/mol. The van der Waals surface area contributed by atoms with Gasteiger partial charge >= 0.3 is 0 Å². The minimum atomic E-state index is 0.634. The molecule has 0 unspecified atom stereocenters. The molecule has 2 rings (SSSR count). The summed E-state index contributed by atoms with van der Waals surface area (Å²) in [7, 11) is 0. The van der Waals surface area contributed by atoms with Crippen LogP contribution in [0.3, 0.4) is 0 Å². The van der Waals surface area contributed by atoms with E-state index in [0.29, 0.717) is 11.1 Å². The van der Waals surface area contributed by atoms with E-state index < -0.39 is 0 Å². The van der Waals surface area contributed by atoms with Gasteiger partial charge in [0.05, 0.1) is 5.69 Å². The molecule has 1 aromatic heterocycles. The molecular weight excluding hydrogens is 304 g/mol. The minimum absolute atomic E-state index is 0.634. The number of nitrogens with one attached hydrogen (secondary N) is 1. The minimum Gasteiger partial charge on any atom is -0.436 e. The number of halogens is 1. The maximum absolute atomic E-state index is 6.34. The Kier molecular flexibility index (Phi) is 5.73. The average Bonchev–Trinajstić information content (AvgIpc) is 2.70. The molecule has 0 amide bonds. The van der Waals surface area contributed by atoms with Gasteiger partial charge in [0.1, 0.15) is 5.76 Å². The second-order valence-corrected chi connectivity index (χ2v) is 6.93. The number of hydrogen-bond donors (Lipinski definition) is 1. The van der Waals surface area contributed by atoms with Gasteiger partial charge in [-0.05, 0) is 55.8 Å². The first-order valence-electron chi connectivity index (χ1n) is 7.06. The van der Waals surface area contributed by atoms with Gasteiger partial charge < -0.3 is 9.73 Å². The Hall–Kier alpha value is -0.970. The molecule has 0 radical (unpaired) electrons. The SMILES string of the molecule is Cc1nc(Sc2ccc(CNCC(C)C)c(Cl)c2)oc1C. The first-order chi connectivity index (χ1) is 9.95. The maximum atomic E-state index is 6.34. The predicted octanol–water partition coefficient (Wildman–Crippen LogP) is 4.84. The molecule has 0 saturated carbocycles. The van der Waals surface area contributed by atoms with E-state index in [1.165, 1.54) is 11.8 Å². The van der Waals surface area contributed by atoms with E-state index in [0.717, 1.165) is 40.0 Å². The molecule has 0 aliphatic rings. The summed E-state index contributed by atoms with van der Waals surface area (Å²) in [6.07, 6.45) is 0. The summed E-state index contributed by atoms with van der Waals surface area (Å²) in [5.41, 5.74) is 2.04. The molecule has 0 atom stereocenters. The lowest BCUT2D eigenvalue weighted by Gasteiger charge is -2.09. The molecule has 0 fully saturated rings. The van der Waals surface area contributed by atoms with Crippen molar-refractivity contribution in [3.05, 3.63) is 40.2 Å². The van der Waals surface area contributed by atoms with Crippen LogP contribution >= 0.6 is 23.4 Å². The van der Waals surface area contributed by atoms with Crippen molar-refractivity contribution in [2.75, 3.05) is 6.54 Å². The van der Waals surface area contributed by atoms with Gasteiger partial charge in [-0.2, -0.15) is 0 Å². The smallest absolute Gasteiger partial charge is 0.260 e. The summed E-state index contributed by atoms with van der Waals surface area (Å²) in [6, 6.07) is 6.08. The molecule has 3 nitrogen and oxygen atoms in total. The third kappa shape index (κ3) is 4.77. The van der Waals surface area contributed by atoms with Crippen molar-refractivity contribution in [3.8, 4) is 0 Å². The van der Waals surface area contributed by atoms with Crippen LogP contribution in [-0.2, 0) is 6.54 Å². The number of aryl methyl sites for hydroxylation is 2. The molecule has 0 spiro atoms. The Morgan fingerprint density at radius 2 is 2.10 bits per heavy atom. The summed E-state index contributed by atoms with van der Waals surface area (Å²) in [6.45, 7) is 10.0. The zero-order valence-corrected chi connectivity index (χ0v) is 14.4. The van der Waals surface area contributed by atoms with Crippen molar-refractivity contribution >= 4 is 23.4 Å². The Morgan fingerprint density at radius 3 is 2.67 bits per heavy atom. The Bertz CT molecular complexity index is 591. The fraction of sp³-hybridized carbons (Fsp3) is 0.438. The second-order valence-electron chi connectivity index (χ2n) is 5.50. The lowest BCUT2D eigenvalue weighted by Crippen LogP contribution is -2.19. The van der Waals surface area contributed by atoms with E-state index in [-0.39, 0.29) is 0 Å². The fourth-order valence-electron chi connectivity index (χ4n) is 1.82. The lowest BCUT2D eigenvalue weighted by atomic mass is 10.2. The van der Waals surface area contributed by atoms with Gasteiger partial charge in [-0.15, -0.1) is 0 Å². The number of oxazole rings is 1. The van der Waals surface area contributed by atoms with Crippen molar-refractivity contribution in [2.45, 2.75) is 44.4 Å². The zero-order chi connectivity index (χ0) is 15.4. The third-order valence-electron chi connectivity index (χ3n) is 3.11. The molecule has 0 bridgehead atoms. The highest BCUT2D eigenvalue weighted by molar-refractivity contribution is 7.99. The fourth-order valence-corrected chi connectivity index (χ4v) is 2.99. The molecule has 1 N–H and O–H groups in total. The standard InChI is InChI=1S/C16H21ClN2OS/c1-10(2)8-18-9-13-5-6-14(7-15(13)17)21-16-19-11(3)12(4)20-16/h5-7,10,18H,8-9H2,1-4H3. The van der Waals surface area contributed by atoms with Crippen LogP contribution in [0.25, 0.3) is 0 Å². The molecule has 2 aromatic rings. The van der Waals surface area contributed by atoms with Crippen molar-refractivity contribution in [3.63, 3.8) is 0 Å². The van der Waals surface area contributed by atoms with E-state index in [1.54, 1.807) is 0 Å². The highest BCUT2D eigenvalue weighted by atomic mass is 35.5. The van der Waals surface area contributed by atoms with Crippen LogP contribution in [0.15, 0.2) is 32.7 Å². The van der Waals surface area contributed by atoms with E-state index in [9.17, 15) is 0 Å². The molecular formula is C16H21ClN2OS. The van der Waals surface area contributed by atoms with E-state index in [2.05, 4.69) is 36.3 Å². The summed E-state index contributed by atoms with van der Waals surface area (Å²) < 4.78 is 5.58. The second kappa shape index (κ2) is 7.34. The van der Waals surface area contributed by atoms with Gasteiger partial charge in [-0.25, -0.2) is 4.98 Å². The summed E-state index contributed by atoms with van der Waals surface area (Å²) in [5.74, 6) is 1.49. The van der Waals surface area contributed by atoms with Crippen molar-refractivity contribution in [2.24, 2.45) is 5.92 Å². The number of rotatable bonds is 6. The highest BCUT2D eigenvalue weighted by Crippen LogP contribution is 2.31. The normalized spacial score (nSPS) is 11.3. The number of benzene rings is 1. The molecule has 0 saturated heterocycles. The average molecular weight is 325 g/mol. The number of nitrogens with zero attached hydrogens (tertiary/aromatic N) is 1. The largest absolute Gasteiger partial charge is 0.436 e. The summed E-state index contributed by atoms with van der Waals surface area (Å²) >= 11 is 7.83. The lowest BCUT2D eigenvalue weighted by molar-refractivity contribution is 0.431. The van der Waals surface area contributed by atoms with Crippen molar-refractivity contribution < 1.29 is 4.42 Å². The van der Waals surface area contributed by atoms with Gasteiger partial charge in [-0.3, -0.25) is 0 Å². The van der Waals surface area contributed by atoms with E-state index >= 15 is 0 Å². The van der Waals surface area contributed by atoms with Crippen LogP contribution in [0, 0.1) is 19.8 Å². The summed E-state index contributed by atoms with van der Waals surface area (Å²) in [5, 5.41) is 4.83. The third-order valence-corrected chi connectivity index (χ3v) is 4.30. The van der Waals surface area contributed by atoms with E-state index in [1.807, 2.05) is 19.9 Å². The highest BCUT2D eigenvalue weighted by Gasteiger charge is 2.09. The molecule has 114 valence electrons.